The van der Waals surface area contributed by atoms with Gasteiger partial charge in [0.2, 0.25) is 0 Å². The first-order chi connectivity index (χ1) is 8.51. The van der Waals surface area contributed by atoms with Gasteiger partial charge in [0.25, 0.3) is 5.69 Å². The quantitative estimate of drug-likeness (QED) is 0.609. The van der Waals surface area contributed by atoms with E-state index in [1.165, 1.54) is 13.3 Å². The van der Waals surface area contributed by atoms with Crippen LogP contribution in [-0.4, -0.2) is 41.4 Å². The number of nitro groups is 1. The molecule has 0 amide bonds. The van der Waals surface area contributed by atoms with Crippen molar-refractivity contribution < 1.29 is 14.8 Å². The number of hydrogen-bond acceptors (Lipinski definition) is 6. The molecule has 1 unspecified atom stereocenters. The lowest BCUT2D eigenvalue weighted by atomic mass is 10.2. The lowest BCUT2D eigenvalue weighted by Crippen LogP contribution is -2.29. The number of nitrogens with zero attached hydrogens (tertiary/aromatic N) is 2. The van der Waals surface area contributed by atoms with Gasteiger partial charge in [0.05, 0.1) is 28.7 Å². The average Bonchev–Trinajstić information content (AvgIpc) is 2.33. The van der Waals surface area contributed by atoms with Crippen molar-refractivity contribution in [1.82, 2.24) is 4.98 Å². The molecule has 1 aromatic rings. The maximum Gasteiger partial charge on any atom is 0.291 e. The molecule has 1 aromatic heterocycles. The Hall–Kier alpha value is -1.25. The normalized spacial score (nSPS) is 12.2. The standard InChI is InChI=1S/C10H14BrN3O4/c1-6-8(14(16)17)3-12-10(9(6)11)13-7(4-15)5-18-2/h3,7,15H,4-5H2,1-2H3,(H,12,13). The molecule has 8 heteroatoms. The molecule has 1 atom stereocenters. The Morgan fingerprint density at radius 1 is 1.72 bits per heavy atom. The highest BCUT2D eigenvalue weighted by Crippen LogP contribution is 2.30. The molecule has 18 heavy (non-hydrogen) atoms. The Labute approximate surface area is 112 Å². The second-order valence-corrected chi connectivity index (χ2v) is 4.46. The highest BCUT2D eigenvalue weighted by atomic mass is 79.9. The molecule has 0 aliphatic rings. The van der Waals surface area contributed by atoms with Crippen LogP contribution in [0.2, 0.25) is 0 Å². The van der Waals surface area contributed by atoms with Gasteiger partial charge in [-0.1, -0.05) is 0 Å². The Bertz CT molecular complexity index is 441. The predicted octanol–water partition coefficient (Wildman–Crippen LogP) is 1.48. The number of halogens is 1. The molecule has 0 saturated heterocycles. The number of ether oxygens (including phenoxy) is 1. The molecular weight excluding hydrogens is 306 g/mol. The third-order valence-corrected chi connectivity index (χ3v) is 3.33. The van der Waals surface area contributed by atoms with E-state index in [-0.39, 0.29) is 18.3 Å². The average molecular weight is 320 g/mol. The number of aliphatic hydroxyl groups excluding tert-OH is 1. The molecule has 100 valence electrons. The number of nitrogens with one attached hydrogen (secondary N) is 1. The van der Waals surface area contributed by atoms with Crippen molar-refractivity contribution in [3.63, 3.8) is 0 Å². The molecule has 2 N–H and O–H groups in total. The van der Waals surface area contributed by atoms with E-state index >= 15 is 0 Å². The zero-order valence-electron chi connectivity index (χ0n) is 10.0. The molecule has 0 fully saturated rings. The predicted molar refractivity (Wildman–Crippen MR) is 69.7 cm³/mol. The van der Waals surface area contributed by atoms with E-state index in [0.717, 1.165) is 0 Å². The summed E-state index contributed by atoms with van der Waals surface area (Å²) in [7, 11) is 1.52. The summed E-state index contributed by atoms with van der Waals surface area (Å²) in [5.41, 5.74) is 0.423. The van der Waals surface area contributed by atoms with Crippen LogP contribution in [0.5, 0.6) is 0 Å². The molecular formula is C10H14BrN3O4. The second kappa shape index (κ2) is 6.62. The van der Waals surface area contributed by atoms with E-state index in [9.17, 15) is 10.1 Å². The first-order valence-electron chi connectivity index (χ1n) is 5.17. The highest BCUT2D eigenvalue weighted by molar-refractivity contribution is 9.10. The van der Waals surface area contributed by atoms with Crippen molar-refractivity contribution >= 4 is 27.4 Å². The van der Waals surface area contributed by atoms with Crippen molar-refractivity contribution in [2.75, 3.05) is 25.6 Å². The van der Waals surface area contributed by atoms with Gasteiger partial charge in [-0.25, -0.2) is 4.98 Å². The van der Waals surface area contributed by atoms with Crippen molar-refractivity contribution in [3.8, 4) is 0 Å². The number of rotatable bonds is 6. The molecule has 0 saturated carbocycles. The summed E-state index contributed by atoms with van der Waals surface area (Å²) >= 11 is 3.26. The fourth-order valence-electron chi connectivity index (χ4n) is 1.39. The summed E-state index contributed by atoms with van der Waals surface area (Å²) in [6.07, 6.45) is 1.18. The SMILES string of the molecule is COCC(CO)Nc1ncc([N+](=O)[O-])c(C)c1Br. The molecule has 0 spiro atoms. The third kappa shape index (κ3) is 3.37. The van der Waals surface area contributed by atoms with Gasteiger partial charge < -0.3 is 15.2 Å². The molecule has 0 aliphatic carbocycles. The summed E-state index contributed by atoms with van der Waals surface area (Å²) in [5, 5.41) is 22.8. The fourth-order valence-corrected chi connectivity index (χ4v) is 1.81. The summed E-state index contributed by atoms with van der Waals surface area (Å²) in [5.74, 6) is 0.439. The van der Waals surface area contributed by atoms with Crippen molar-refractivity contribution in [2.45, 2.75) is 13.0 Å². The zero-order valence-corrected chi connectivity index (χ0v) is 11.6. The van der Waals surface area contributed by atoms with Crippen LogP contribution in [0.15, 0.2) is 10.7 Å². The number of pyridine rings is 1. The maximum atomic E-state index is 10.7. The molecule has 0 aromatic carbocycles. The van der Waals surface area contributed by atoms with E-state index in [1.54, 1.807) is 6.92 Å². The van der Waals surface area contributed by atoms with Crippen LogP contribution in [0.1, 0.15) is 5.56 Å². The van der Waals surface area contributed by atoms with E-state index < -0.39 is 4.92 Å². The van der Waals surface area contributed by atoms with Crippen LogP contribution in [0.4, 0.5) is 11.5 Å². The molecule has 1 heterocycles. The summed E-state index contributed by atoms with van der Waals surface area (Å²) in [6.45, 7) is 1.80. The van der Waals surface area contributed by atoms with Crippen LogP contribution >= 0.6 is 15.9 Å². The van der Waals surface area contributed by atoms with Gasteiger partial charge in [0, 0.05) is 12.7 Å². The van der Waals surface area contributed by atoms with Gasteiger partial charge in [-0.2, -0.15) is 0 Å². The van der Waals surface area contributed by atoms with Gasteiger partial charge in [-0.05, 0) is 22.9 Å². The largest absolute Gasteiger partial charge is 0.394 e. The topological polar surface area (TPSA) is 97.5 Å². The number of aromatic nitrogens is 1. The van der Waals surface area contributed by atoms with Gasteiger partial charge in [-0.15, -0.1) is 0 Å². The van der Waals surface area contributed by atoms with Crippen LogP contribution in [-0.2, 0) is 4.74 Å². The van der Waals surface area contributed by atoms with Crippen molar-refractivity contribution in [2.24, 2.45) is 0 Å². The Morgan fingerprint density at radius 3 is 2.89 bits per heavy atom. The van der Waals surface area contributed by atoms with Gasteiger partial charge in [0.15, 0.2) is 0 Å². The number of aliphatic hydroxyl groups is 1. The Kier molecular flexibility index (Phi) is 5.45. The number of hydrogen-bond donors (Lipinski definition) is 2. The second-order valence-electron chi connectivity index (χ2n) is 3.67. The summed E-state index contributed by atoms with van der Waals surface area (Å²) < 4.78 is 5.43. The number of anilines is 1. The molecule has 1 rings (SSSR count). The Balaban J connectivity index is 2.98. The Morgan fingerprint density at radius 2 is 2.39 bits per heavy atom. The van der Waals surface area contributed by atoms with Crippen LogP contribution in [0.3, 0.4) is 0 Å². The van der Waals surface area contributed by atoms with E-state index in [2.05, 4.69) is 26.2 Å². The monoisotopic (exact) mass is 319 g/mol. The lowest BCUT2D eigenvalue weighted by Gasteiger charge is -2.17. The van der Waals surface area contributed by atoms with E-state index in [0.29, 0.717) is 22.5 Å². The minimum Gasteiger partial charge on any atom is -0.394 e. The van der Waals surface area contributed by atoms with Gasteiger partial charge in [-0.3, -0.25) is 10.1 Å². The van der Waals surface area contributed by atoms with Crippen molar-refractivity contribution in [3.05, 3.63) is 26.3 Å². The third-order valence-electron chi connectivity index (χ3n) is 2.36. The maximum absolute atomic E-state index is 10.7. The van der Waals surface area contributed by atoms with Gasteiger partial charge >= 0.3 is 0 Å². The molecule has 0 aliphatic heterocycles. The first kappa shape index (κ1) is 14.8. The molecule has 0 radical (unpaired) electrons. The fraction of sp³-hybridized carbons (Fsp3) is 0.500. The molecule has 7 nitrogen and oxygen atoms in total. The first-order valence-corrected chi connectivity index (χ1v) is 5.96. The van der Waals surface area contributed by atoms with Crippen LogP contribution < -0.4 is 5.32 Å². The van der Waals surface area contributed by atoms with Crippen molar-refractivity contribution in [1.29, 1.82) is 0 Å². The zero-order chi connectivity index (χ0) is 13.7. The minimum atomic E-state index is -0.491. The summed E-state index contributed by atoms with van der Waals surface area (Å²) in [6, 6.07) is -0.320. The van der Waals surface area contributed by atoms with Gasteiger partial charge in [0.1, 0.15) is 12.0 Å². The highest BCUT2D eigenvalue weighted by Gasteiger charge is 2.18. The van der Waals surface area contributed by atoms with E-state index in [4.69, 9.17) is 9.84 Å². The minimum absolute atomic E-state index is 0.0558. The number of methoxy groups -OCH3 is 1. The van der Waals surface area contributed by atoms with E-state index in [1.807, 2.05) is 0 Å². The smallest absolute Gasteiger partial charge is 0.291 e. The van der Waals surface area contributed by atoms with Crippen LogP contribution in [0.25, 0.3) is 0 Å². The van der Waals surface area contributed by atoms with Crippen LogP contribution in [0, 0.1) is 17.0 Å². The lowest BCUT2D eigenvalue weighted by molar-refractivity contribution is -0.385. The summed E-state index contributed by atoms with van der Waals surface area (Å²) in [4.78, 5) is 14.2. The molecule has 0 bridgehead atoms.